The van der Waals surface area contributed by atoms with E-state index < -0.39 is 18.0 Å². The van der Waals surface area contributed by atoms with Crippen LogP contribution in [0.4, 0.5) is 0 Å². The van der Waals surface area contributed by atoms with E-state index in [9.17, 15) is 4.79 Å². The zero-order chi connectivity index (χ0) is 17.9. The smallest absolute Gasteiger partial charge is 0.305 e. The fourth-order valence-electron chi connectivity index (χ4n) is 5.69. The van der Waals surface area contributed by atoms with Gasteiger partial charge < -0.3 is 23.7 Å². The van der Waals surface area contributed by atoms with Gasteiger partial charge in [0.15, 0.2) is 12.4 Å². The molecule has 1 unspecified atom stereocenters. The summed E-state index contributed by atoms with van der Waals surface area (Å²) >= 11 is 0. The molecule has 0 N–H and O–H groups in total. The highest BCUT2D eigenvalue weighted by Crippen LogP contribution is 2.71. The van der Waals surface area contributed by atoms with Crippen LogP contribution in [0.15, 0.2) is 24.3 Å². The third-order valence-corrected chi connectivity index (χ3v) is 6.59. The van der Waals surface area contributed by atoms with Crippen molar-refractivity contribution in [3.05, 3.63) is 29.8 Å². The molecular weight excluding hydrogens is 336 g/mol. The minimum atomic E-state index is -0.707. The molecule has 1 aromatic rings. The summed E-state index contributed by atoms with van der Waals surface area (Å²) in [6.45, 7) is 1.40. The van der Waals surface area contributed by atoms with Crippen molar-refractivity contribution in [2.24, 2.45) is 5.41 Å². The number of methoxy groups -OCH3 is 1. The number of hydrogen-bond donors (Lipinski definition) is 0. The lowest BCUT2D eigenvalue weighted by Crippen LogP contribution is -2.58. The van der Waals surface area contributed by atoms with Crippen LogP contribution in [0.5, 0.6) is 5.75 Å². The summed E-state index contributed by atoms with van der Waals surface area (Å²) in [6, 6.07) is 8.05. The SMILES string of the molecule is COc1cccc([C@@H]2OC3[C@H](OC(C)=O)O[C@H]4C[C@@]25CCCC[C@@]35O4)c1. The van der Waals surface area contributed by atoms with Crippen molar-refractivity contribution in [3.8, 4) is 5.75 Å². The standard InChI is InChI=1S/C20H24O6/c1-12(21)23-18-17-20-9-4-3-8-19(20,11-15(24-18)26-20)16(25-17)13-6-5-7-14(10-13)22-2/h5-7,10,15-18H,3-4,8-9,11H2,1-2H3/t15-,16+,17?,18-,19+,20-/m1/s1. The van der Waals surface area contributed by atoms with Crippen LogP contribution in [-0.2, 0) is 23.7 Å². The quantitative estimate of drug-likeness (QED) is 0.772. The zero-order valence-electron chi connectivity index (χ0n) is 15.1. The van der Waals surface area contributed by atoms with Crippen molar-refractivity contribution in [1.29, 1.82) is 0 Å². The number of hydrogen-bond acceptors (Lipinski definition) is 6. The fraction of sp³-hybridized carbons (Fsp3) is 0.650. The van der Waals surface area contributed by atoms with Gasteiger partial charge in [-0.15, -0.1) is 0 Å². The van der Waals surface area contributed by atoms with Crippen LogP contribution in [0.1, 0.15) is 50.7 Å². The van der Waals surface area contributed by atoms with E-state index in [1.165, 1.54) is 6.92 Å². The van der Waals surface area contributed by atoms with Gasteiger partial charge in [0.05, 0.1) is 13.2 Å². The molecule has 4 fully saturated rings. The molecule has 1 saturated carbocycles. The highest BCUT2D eigenvalue weighted by atomic mass is 16.8. The number of ether oxygens (including phenoxy) is 5. The summed E-state index contributed by atoms with van der Waals surface area (Å²) in [5, 5.41) is 0. The average molecular weight is 360 g/mol. The number of carbonyl (C=O) groups excluding carboxylic acids is 1. The first kappa shape index (κ1) is 16.5. The number of fused-ring (bicyclic) bond motifs is 1. The van der Waals surface area contributed by atoms with E-state index in [0.717, 1.165) is 43.4 Å². The Balaban J connectivity index is 1.60. The Kier molecular flexibility index (Phi) is 3.61. The van der Waals surface area contributed by atoms with Crippen molar-refractivity contribution in [2.75, 3.05) is 7.11 Å². The van der Waals surface area contributed by atoms with Gasteiger partial charge in [-0.3, -0.25) is 4.79 Å². The summed E-state index contributed by atoms with van der Waals surface area (Å²) in [5.74, 6) is 0.454. The number of carbonyl (C=O) groups is 1. The second kappa shape index (κ2) is 5.68. The molecule has 6 nitrogen and oxygen atoms in total. The molecule has 0 amide bonds. The number of benzene rings is 1. The fourth-order valence-corrected chi connectivity index (χ4v) is 5.69. The van der Waals surface area contributed by atoms with Crippen LogP contribution in [-0.4, -0.2) is 37.4 Å². The molecule has 3 saturated heterocycles. The molecule has 5 rings (SSSR count). The molecule has 3 aliphatic heterocycles. The van der Waals surface area contributed by atoms with Crippen molar-refractivity contribution in [3.63, 3.8) is 0 Å². The first-order chi connectivity index (χ1) is 12.6. The zero-order valence-corrected chi connectivity index (χ0v) is 15.1. The van der Waals surface area contributed by atoms with Crippen molar-refractivity contribution >= 4 is 5.97 Å². The van der Waals surface area contributed by atoms with Gasteiger partial charge in [-0.25, -0.2) is 0 Å². The normalized spacial score (nSPS) is 43.0. The van der Waals surface area contributed by atoms with Gasteiger partial charge in [-0.1, -0.05) is 25.0 Å². The topological polar surface area (TPSA) is 63.2 Å². The van der Waals surface area contributed by atoms with Gasteiger partial charge in [-0.2, -0.15) is 0 Å². The van der Waals surface area contributed by atoms with E-state index in [-0.39, 0.29) is 23.8 Å². The minimum absolute atomic E-state index is 0.116. The Bertz CT molecular complexity index is 735. The Labute approximate surface area is 152 Å². The Morgan fingerprint density at radius 1 is 1.23 bits per heavy atom. The lowest BCUT2D eigenvalue weighted by molar-refractivity contribution is -0.341. The van der Waals surface area contributed by atoms with Gasteiger partial charge in [-0.05, 0) is 30.5 Å². The van der Waals surface area contributed by atoms with E-state index in [0.29, 0.717) is 0 Å². The van der Waals surface area contributed by atoms with Crippen LogP contribution in [0.25, 0.3) is 0 Å². The summed E-state index contributed by atoms with van der Waals surface area (Å²) in [7, 11) is 1.67. The molecule has 4 aliphatic rings. The van der Waals surface area contributed by atoms with E-state index in [1.807, 2.05) is 18.2 Å². The highest BCUT2D eigenvalue weighted by molar-refractivity contribution is 5.66. The number of rotatable bonds is 3. The summed E-state index contributed by atoms with van der Waals surface area (Å²) in [4.78, 5) is 11.6. The molecule has 6 heteroatoms. The lowest BCUT2D eigenvalue weighted by atomic mass is 9.59. The third kappa shape index (κ3) is 2.06. The molecule has 26 heavy (non-hydrogen) atoms. The van der Waals surface area contributed by atoms with Crippen LogP contribution < -0.4 is 4.74 Å². The number of esters is 1. The van der Waals surface area contributed by atoms with Gasteiger partial charge >= 0.3 is 5.97 Å². The molecule has 0 aromatic heterocycles. The first-order valence-corrected chi connectivity index (χ1v) is 9.38. The molecule has 1 aliphatic carbocycles. The van der Waals surface area contributed by atoms with Crippen LogP contribution >= 0.6 is 0 Å². The van der Waals surface area contributed by atoms with E-state index in [1.54, 1.807) is 7.11 Å². The third-order valence-electron chi connectivity index (χ3n) is 6.59. The van der Waals surface area contributed by atoms with Gasteiger partial charge in [0.25, 0.3) is 0 Å². The molecule has 3 heterocycles. The second-order valence-electron chi connectivity index (χ2n) is 7.83. The monoisotopic (exact) mass is 360 g/mol. The maximum Gasteiger partial charge on any atom is 0.305 e. The maximum atomic E-state index is 11.6. The summed E-state index contributed by atoms with van der Waals surface area (Å²) < 4.78 is 29.8. The predicted octanol–water partition coefficient (Wildman–Crippen LogP) is 3.10. The van der Waals surface area contributed by atoms with Crippen LogP contribution in [0.2, 0.25) is 0 Å². The Hall–Kier alpha value is -1.63. The second-order valence-corrected chi connectivity index (χ2v) is 7.83. The first-order valence-electron chi connectivity index (χ1n) is 9.38. The van der Waals surface area contributed by atoms with E-state index in [4.69, 9.17) is 23.7 Å². The molecule has 140 valence electrons. The largest absolute Gasteiger partial charge is 0.497 e. The summed E-state index contributed by atoms with van der Waals surface area (Å²) in [6.07, 6.45) is 3.37. The molecule has 0 radical (unpaired) electrons. The lowest BCUT2D eigenvalue weighted by Gasteiger charge is -2.47. The maximum absolute atomic E-state index is 11.6. The van der Waals surface area contributed by atoms with Gasteiger partial charge in [0.2, 0.25) is 6.29 Å². The Morgan fingerprint density at radius 3 is 2.88 bits per heavy atom. The van der Waals surface area contributed by atoms with Crippen LogP contribution in [0, 0.1) is 5.41 Å². The molecule has 1 spiro atoms. The molecule has 1 aromatic carbocycles. The molecule has 2 bridgehead atoms. The summed E-state index contributed by atoms with van der Waals surface area (Å²) in [5.41, 5.74) is 0.495. The molecular formula is C20H24O6. The molecule has 6 atom stereocenters. The van der Waals surface area contributed by atoms with E-state index >= 15 is 0 Å². The highest BCUT2D eigenvalue weighted by Gasteiger charge is 2.77. The predicted molar refractivity (Wildman–Crippen MR) is 90.4 cm³/mol. The average Bonchev–Trinajstić information content (AvgIpc) is 3.07. The van der Waals surface area contributed by atoms with Gasteiger partial charge in [0.1, 0.15) is 11.4 Å². The minimum Gasteiger partial charge on any atom is -0.497 e. The van der Waals surface area contributed by atoms with Crippen molar-refractivity contribution in [2.45, 2.75) is 69.4 Å². The van der Waals surface area contributed by atoms with Crippen molar-refractivity contribution in [1.82, 2.24) is 0 Å². The van der Waals surface area contributed by atoms with Gasteiger partial charge in [0, 0.05) is 18.8 Å². The Morgan fingerprint density at radius 2 is 2.08 bits per heavy atom. The van der Waals surface area contributed by atoms with E-state index in [2.05, 4.69) is 6.07 Å². The van der Waals surface area contributed by atoms with Crippen LogP contribution in [0.3, 0.4) is 0 Å². The van der Waals surface area contributed by atoms with Crippen molar-refractivity contribution < 1.29 is 28.5 Å².